The van der Waals surface area contributed by atoms with Crippen LogP contribution in [0.3, 0.4) is 0 Å². The van der Waals surface area contributed by atoms with E-state index in [0.717, 1.165) is 32.5 Å². The van der Waals surface area contributed by atoms with Crippen molar-refractivity contribution in [3.05, 3.63) is 0 Å². The molecule has 1 aliphatic carbocycles. The van der Waals surface area contributed by atoms with Crippen LogP contribution in [0.1, 0.15) is 32.6 Å². The summed E-state index contributed by atoms with van der Waals surface area (Å²) in [4.78, 5) is 14.0. The van der Waals surface area contributed by atoms with Gasteiger partial charge >= 0.3 is 0 Å². The normalized spacial score (nSPS) is 26.0. The smallest absolute Gasteiger partial charge is 0.226 e. The molecule has 1 saturated heterocycles. The molecule has 2 rings (SSSR count). The van der Waals surface area contributed by atoms with E-state index in [-0.39, 0.29) is 12.4 Å². The first-order valence-corrected chi connectivity index (χ1v) is 6.15. The van der Waals surface area contributed by atoms with Crippen molar-refractivity contribution in [3.63, 3.8) is 0 Å². The van der Waals surface area contributed by atoms with E-state index in [0.29, 0.717) is 17.2 Å². The highest BCUT2D eigenvalue weighted by Gasteiger charge is 2.58. The molecular weight excluding hydrogens is 224 g/mol. The summed E-state index contributed by atoms with van der Waals surface area (Å²) >= 11 is 0. The highest BCUT2D eigenvalue weighted by molar-refractivity contribution is 5.85. The topological polar surface area (TPSA) is 32.3 Å². The molecule has 1 N–H and O–H groups in total. The van der Waals surface area contributed by atoms with Crippen LogP contribution in [0.25, 0.3) is 0 Å². The van der Waals surface area contributed by atoms with Crippen LogP contribution in [0.4, 0.5) is 0 Å². The summed E-state index contributed by atoms with van der Waals surface area (Å²) in [7, 11) is 1.94. The lowest BCUT2D eigenvalue weighted by Crippen LogP contribution is -2.34. The Bertz CT molecular complexity index is 251. The molecule has 2 fully saturated rings. The number of hydrogen-bond donors (Lipinski definition) is 1. The van der Waals surface area contributed by atoms with Crippen LogP contribution >= 0.6 is 12.4 Å². The summed E-state index contributed by atoms with van der Waals surface area (Å²) in [5.74, 6) is 0.731. The molecule has 1 heterocycles. The van der Waals surface area contributed by atoms with Gasteiger partial charge in [0.2, 0.25) is 5.91 Å². The average molecular weight is 247 g/mol. The zero-order chi connectivity index (χ0) is 10.9. The van der Waals surface area contributed by atoms with E-state index in [1.54, 1.807) is 0 Å². The van der Waals surface area contributed by atoms with Gasteiger partial charge in [-0.3, -0.25) is 4.79 Å². The minimum absolute atomic E-state index is 0. The van der Waals surface area contributed by atoms with Crippen LogP contribution in [-0.2, 0) is 4.79 Å². The third kappa shape index (κ3) is 2.51. The Kier molecular flexibility index (Phi) is 4.62. The maximum Gasteiger partial charge on any atom is 0.226 e. The molecule has 1 aliphatic heterocycles. The molecule has 0 aromatic rings. The molecule has 3 nitrogen and oxygen atoms in total. The standard InChI is InChI=1S/C12H22N2O.ClH/c1-3-8-14(2)11(15)10-9-12(10)4-6-13-7-5-12;/h10,13H,3-9H2,1-2H3;1H. The minimum Gasteiger partial charge on any atom is -0.346 e. The SMILES string of the molecule is CCCN(C)C(=O)C1CC12CCNCC2.Cl. The number of hydrogen-bond acceptors (Lipinski definition) is 2. The number of nitrogens with one attached hydrogen (secondary N) is 1. The van der Waals surface area contributed by atoms with Crippen molar-refractivity contribution in [3.8, 4) is 0 Å². The fourth-order valence-electron chi connectivity index (χ4n) is 2.89. The van der Waals surface area contributed by atoms with Crippen molar-refractivity contribution in [2.45, 2.75) is 32.6 Å². The Morgan fingerprint density at radius 3 is 2.62 bits per heavy atom. The summed E-state index contributed by atoms with van der Waals surface area (Å²) in [5.41, 5.74) is 0.393. The van der Waals surface area contributed by atoms with Gasteiger partial charge in [0.25, 0.3) is 0 Å². The van der Waals surface area contributed by atoms with Gasteiger partial charge in [0, 0.05) is 19.5 Å². The molecule has 1 unspecified atom stereocenters. The van der Waals surface area contributed by atoms with E-state index in [1.807, 2.05) is 11.9 Å². The van der Waals surface area contributed by atoms with Crippen molar-refractivity contribution >= 4 is 18.3 Å². The lowest BCUT2D eigenvalue weighted by atomic mass is 9.91. The number of halogens is 1. The summed E-state index contributed by atoms with van der Waals surface area (Å²) < 4.78 is 0. The van der Waals surface area contributed by atoms with Crippen LogP contribution in [-0.4, -0.2) is 37.5 Å². The molecule has 2 aliphatic rings. The van der Waals surface area contributed by atoms with Crippen LogP contribution in [0.2, 0.25) is 0 Å². The highest BCUT2D eigenvalue weighted by Crippen LogP contribution is 2.59. The summed E-state index contributed by atoms with van der Waals surface area (Å²) in [5, 5.41) is 3.37. The fraction of sp³-hybridized carbons (Fsp3) is 0.917. The molecule has 1 atom stereocenters. The number of nitrogens with zero attached hydrogens (tertiary/aromatic N) is 1. The summed E-state index contributed by atoms with van der Waals surface area (Å²) in [6.45, 7) is 5.23. The van der Waals surface area contributed by atoms with Crippen molar-refractivity contribution in [2.75, 3.05) is 26.7 Å². The Balaban J connectivity index is 0.00000128. The molecule has 0 bridgehead atoms. The van der Waals surface area contributed by atoms with Crippen molar-refractivity contribution < 1.29 is 4.79 Å². The van der Waals surface area contributed by atoms with Crippen LogP contribution < -0.4 is 5.32 Å². The highest BCUT2D eigenvalue weighted by atomic mass is 35.5. The number of piperidine rings is 1. The van der Waals surface area contributed by atoms with E-state index < -0.39 is 0 Å². The maximum absolute atomic E-state index is 12.1. The van der Waals surface area contributed by atoms with Crippen LogP contribution in [0, 0.1) is 11.3 Å². The van der Waals surface area contributed by atoms with Gasteiger partial charge in [0.1, 0.15) is 0 Å². The van der Waals surface area contributed by atoms with E-state index >= 15 is 0 Å². The number of carbonyl (C=O) groups is 1. The second-order valence-corrected chi connectivity index (χ2v) is 5.13. The first-order valence-electron chi connectivity index (χ1n) is 6.15. The van der Waals surface area contributed by atoms with E-state index in [1.165, 1.54) is 12.8 Å². The van der Waals surface area contributed by atoms with Crippen LogP contribution in [0.15, 0.2) is 0 Å². The molecule has 1 spiro atoms. The Morgan fingerprint density at radius 1 is 1.44 bits per heavy atom. The molecule has 1 saturated carbocycles. The molecule has 4 heteroatoms. The quantitative estimate of drug-likeness (QED) is 0.822. The Labute approximate surface area is 104 Å². The van der Waals surface area contributed by atoms with Crippen molar-refractivity contribution in [1.82, 2.24) is 10.2 Å². The van der Waals surface area contributed by atoms with Gasteiger partial charge in [-0.1, -0.05) is 6.92 Å². The maximum atomic E-state index is 12.1. The van der Waals surface area contributed by atoms with E-state index in [9.17, 15) is 4.79 Å². The lowest BCUT2D eigenvalue weighted by Gasteiger charge is -2.25. The van der Waals surface area contributed by atoms with Crippen molar-refractivity contribution in [1.29, 1.82) is 0 Å². The number of rotatable bonds is 3. The number of amides is 1. The summed E-state index contributed by atoms with van der Waals surface area (Å²) in [6, 6.07) is 0. The molecule has 0 aromatic carbocycles. The van der Waals surface area contributed by atoms with Gasteiger partial charge in [-0.2, -0.15) is 0 Å². The zero-order valence-electron chi connectivity index (χ0n) is 10.3. The Morgan fingerprint density at radius 2 is 2.06 bits per heavy atom. The third-order valence-electron chi connectivity index (χ3n) is 4.02. The monoisotopic (exact) mass is 246 g/mol. The zero-order valence-corrected chi connectivity index (χ0v) is 11.1. The number of carbonyl (C=O) groups excluding carboxylic acids is 1. The first-order chi connectivity index (χ1) is 7.19. The first kappa shape index (κ1) is 13.8. The predicted molar refractivity (Wildman–Crippen MR) is 67.8 cm³/mol. The lowest BCUT2D eigenvalue weighted by molar-refractivity contribution is -0.132. The molecule has 0 aromatic heterocycles. The van der Waals surface area contributed by atoms with Crippen LogP contribution in [0.5, 0.6) is 0 Å². The fourth-order valence-corrected chi connectivity index (χ4v) is 2.89. The van der Waals surface area contributed by atoms with E-state index in [2.05, 4.69) is 12.2 Å². The van der Waals surface area contributed by atoms with Gasteiger partial charge < -0.3 is 10.2 Å². The van der Waals surface area contributed by atoms with Gasteiger partial charge in [-0.25, -0.2) is 0 Å². The van der Waals surface area contributed by atoms with Crippen molar-refractivity contribution in [2.24, 2.45) is 11.3 Å². The van der Waals surface area contributed by atoms with Gasteiger partial charge in [0.05, 0.1) is 0 Å². The van der Waals surface area contributed by atoms with Gasteiger partial charge in [-0.05, 0) is 44.2 Å². The van der Waals surface area contributed by atoms with E-state index in [4.69, 9.17) is 0 Å². The second kappa shape index (κ2) is 5.37. The largest absolute Gasteiger partial charge is 0.346 e. The predicted octanol–water partition coefficient (Wildman–Crippen LogP) is 1.67. The Hall–Kier alpha value is -0.280. The molecular formula is C12H23ClN2O. The molecule has 94 valence electrons. The third-order valence-corrected chi connectivity index (χ3v) is 4.02. The summed E-state index contributed by atoms with van der Waals surface area (Å²) in [6.07, 6.45) is 4.60. The molecule has 1 amide bonds. The molecule has 16 heavy (non-hydrogen) atoms. The van der Waals surface area contributed by atoms with Gasteiger partial charge in [0.15, 0.2) is 0 Å². The van der Waals surface area contributed by atoms with Gasteiger partial charge in [-0.15, -0.1) is 12.4 Å². The average Bonchev–Trinajstić information content (AvgIpc) is 2.92. The second-order valence-electron chi connectivity index (χ2n) is 5.13. The minimum atomic E-state index is 0. The molecule has 0 radical (unpaired) electrons.